The lowest BCUT2D eigenvalue weighted by Gasteiger charge is -2.45. The molecule has 0 aromatic carbocycles. The molecule has 1 heterocycles. The first-order valence-corrected chi connectivity index (χ1v) is 6.07. The SMILES string of the molecule is COC(=O)OC1=C(OC(=O)OC)C2(CCC1)CC(=O)N2. The summed E-state index contributed by atoms with van der Waals surface area (Å²) >= 11 is 0. The molecule has 0 aromatic heterocycles. The summed E-state index contributed by atoms with van der Waals surface area (Å²) in [6.07, 6.45) is 0.00800. The molecule has 1 aliphatic heterocycles. The van der Waals surface area contributed by atoms with E-state index >= 15 is 0 Å². The van der Waals surface area contributed by atoms with Crippen molar-refractivity contribution in [1.29, 1.82) is 0 Å². The topological polar surface area (TPSA) is 100 Å². The van der Waals surface area contributed by atoms with E-state index in [-0.39, 0.29) is 23.8 Å². The molecule has 8 nitrogen and oxygen atoms in total. The lowest BCUT2D eigenvalue weighted by molar-refractivity contribution is -0.133. The van der Waals surface area contributed by atoms with Gasteiger partial charge in [-0.3, -0.25) is 4.79 Å². The minimum atomic E-state index is -0.937. The molecule has 1 atom stereocenters. The summed E-state index contributed by atoms with van der Waals surface area (Å²) in [6, 6.07) is 0. The number of hydrogen-bond acceptors (Lipinski definition) is 7. The zero-order chi connectivity index (χ0) is 14.8. The van der Waals surface area contributed by atoms with Crippen molar-refractivity contribution in [1.82, 2.24) is 5.32 Å². The van der Waals surface area contributed by atoms with Crippen LogP contribution in [0.15, 0.2) is 11.5 Å². The first-order chi connectivity index (χ1) is 9.50. The Kier molecular flexibility index (Phi) is 3.82. The summed E-state index contributed by atoms with van der Waals surface area (Å²) in [5, 5.41) is 2.70. The highest BCUT2D eigenvalue weighted by atomic mass is 16.7. The van der Waals surface area contributed by atoms with Crippen molar-refractivity contribution in [2.75, 3.05) is 14.2 Å². The molecular formula is C12H15NO7. The molecule has 8 heteroatoms. The molecule has 0 radical (unpaired) electrons. The molecule has 1 saturated heterocycles. The van der Waals surface area contributed by atoms with Gasteiger partial charge in [-0.05, 0) is 12.8 Å². The second kappa shape index (κ2) is 5.40. The normalized spacial score (nSPS) is 24.6. The van der Waals surface area contributed by atoms with Crippen molar-refractivity contribution in [3.05, 3.63) is 11.5 Å². The van der Waals surface area contributed by atoms with Crippen LogP contribution in [-0.2, 0) is 23.7 Å². The molecule has 0 aromatic rings. The fourth-order valence-electron chi connectivity index (χ4n) is 2.37. The predicted molar refractivity (Wildman–Crippen MR) is 63.3 cm³/mol. The number of carbonyl (C=O) groups excluding carboxylic acids is 3. The number of rotatable bonds is 2. The average molecular weight is 285 g/mol. The smallest absolute Gasteiger partial charge is 0.437 e. The number of allylic oxidation sites excluding steroid dienone is 1. The Morgan fingerprint density at radius 1 is 1.15 bits per heavy atom. The Balaban J connectivity index is 2.29. The number of hydrogen-bond donors (Lipinski definition) is 1. The van der Waals surface area contributed by atoms with Crippen molar-refractivity contribution < 1.29 is 33.3 Å². The van der Waals surface area contributed by atoms with E-state index in [0.29, 0.717) is 19.3 Å². The Hall–Kier alpha value is -2.25. The van der Waals surface area contributed by atoms with E-state index in [9.17, 15) is 14.4 Å². The van der Waals surface area contributed by atoms with Crippen molar-refractivity contribution >= 4 is 18.2 Å². The highest BCUT2D eigenvalue weighted by Gasteiger charge is 2.52. The molecule has 2 aliphatic rings. The average Bonchev–Trinajstić information content (AvgIpc) is 2.40. The van der Waals surface area contributed by atoms with Crippen molar-refractivity contribution in [3.63, 3.8) is 0 Å². The van der Waals surface area contributed by atoms with Gasteiger partial charge in [0, 0.05) is 6.42 Å². The van der Waals surface area contributed by atoms with Crippen molar-refractivity contribution in [2.45, 2.75) is 31.2 Å². The van der Waals surface area contributed by atoms with E-state index in [2.05, 4.69) is 14.8 Å². The standard InChI is InChI=1S/C12H15NO7/c1-17-10(15)19-7-4-3-5-12(6-8(14)13-12)9(7)20-11(16)18-2/h3-6H2,1-2H3,(H,13,14). The lowest BCUT2D eigenvalue weighted by Crippen LogP contribution is -2.63. The van der Waals surface area contributed by atoms with E-state index < -0.39 is 17.8 Å². The maximum absolute atomic E-state index is 11.3. The van der Waals surface area contributed by atoms with Crippen LogP contribution in [0.5, 0.6) is 0 Å². The summed E-state index contributed by atoms with van der Waals surface area (Å²) < 4.78 is 18.9. The Morgan fingerprint density at radius 2 is 1.75 bits per heavy atom. The molecule has 1 spiro atoms. The van der Waals surface area contributed by atoms with Gasteiger partial charge in [0.25, 0.3) is 0 Å². The third kappa shape index (κ3) is 2.54. The summed E-state index contributed by atoms with van der Waals surface area (Å²) in [5.74, 6) is 0.129. The number of nitrogens with one attached hydrogen (secondary N) is 1. The number of ether oxygens (including phenoxy) is 4. The maximum atomic E-state index is 11.3. The fraction of sp³-hybridized carbons (Fsp3) is 0.583. The summed E-state index contributed by atoms with van der Waals surface area (Å²) in [5.41, 5.74) is -0.799. The zero-order valence-electron chi connectivity index (χ0n) is 11.2. The van der Waals surface area contributed by atoms with Crippen LogP contribution in [0.25, 0.3) is 0 Å². The van der Waals surface area contributed by atoms with Gasteiger partial charge in [-0.15, -0.1) is 0 Å². The van der Waals surface area contributed by atoms with E-state index in [0.717, 1.165) is 0 Å². The summed E-state index contributed by atoms with van der Waals surface area (Å²) in [7, 11) is 2.34. The van der Waals surface area contributed by atoms with E-state index in [1.165, 1.54) is 14.2 Å². The Labute approximate surface area is 115 Å². The highest BCUT2D eigenvalue weighted by Crippen LogP contribution is 2.41. The summed E-state index contributed by atoms with van der Waals surface area (Å²) in [6.45, 7) is 0. The molecule has 110 valence electrons. The van der Waals surface area contributed by atoms with Crippen LogP contribution in [0.1, 0.15) is 25.7 Å². The minimum absolute atomic E-state index is 0.112. The number of methoxy groups -OCH3 is 2. The molecule has 0 saturated carbocycles. The molecule has 1 unspecified atom stereocenters. The number of β-lactam (4-membered cyclic amide) rings is 1. The van der Waals surface area contributed by atoms with Crippen LogP contribution >= 0.6 is 0 Å². The molecule has 1 N–H and O–H groups in total. The van der Waals surface area contributed by atoms with Gasteiger partial charge < -0.3 is 24.3 Å². The van der Waals surface area contributed by atoms with Crippen LogP contribution in [0.4, 0.5) is 9.59 Å². The first-order valence-electron chi connectivity index (χ1n) is 6.07. The monoisotopic (exact) mass is 285 g/mol. The van der Waals surface area contributed by atoms with Gasteiger partial charge in [0.05, 0.1) is 20.6 Å². The van der Waals surface area contributed by atoms with Gasteiger partial charge in [-0.1, -0.05) is 0 Å². The van der Waals surface area contributed by atoms with Crippen LogP contribution in [0.2, 0.25) is 0 Å². The largest absolute Gasteiger partial charge is 0.513 e. The van der Waals surface area contributed by atoms with Gasteiger partial charge >= 0.3 is 12.3 Å². The molecule has 1 fully saturated rings. The lowest BCUT2D eigenvalue weighted by atomic mass is 9.76. The van der Waals surface area contributed by atoms with Gasteiger partial charge in [0.1, 0.15) is 5.54 Å². The van der Waals surface area contributed by atoms with Crippen molar-refractivity contribution in [2.24, 2.45) is 0 Å². The van der Waals surface area contributed by atoms with Crippen LogP contribution < -0.4 is 5.32 Å². The van der Waals surface area contributed by atoms with Gasteiger partial charge in [0.2, 0.25) is 5.91 Å². The maximum Gasteiger partial charge on any atom is 0.513 e. The molecule has 20 heavy (non-hydrogen) atoms. The van der Waals surface area contributed by atoms with E-state index in [1.807, 2.05) is 0 Å². The molecular weight excluding hydrogens is 270 g/mol. The molecule has 1 amide bonds. The predicted octanol–water partition coefficient (Wildman–Crippen LogP) is 1.21. The first kappa shape index (κ1) is 14.2. The van der Waals surface area contributed by atoms with Crippen molar-refractivity contribution in [3.8, 4) is 0 Å². The molecule has 0 bridgehead atoms. The quantitative estimate of drug-likeness (QED) is 0.601. The fourth-order valence-corrected chi connectivity index (χ4v) is 2.37. The van der Waals surface area contributed by atoms with Gasteiger partial charge in [0.15, 0.2) is 11.5 Å². The van der Waals surface area contributed by atoms with E-state index in [1.54, 1.807) is 0 Å². The summed E-state index contributed by atoms with van der Waals surface area (Å²) in [4.78, 5) is 33.8. The molecule has 2 rings (SSSR count). The third-order valence-corrected chi connectivity index (χ3v) is 3.26. The van der Waals surface area contributed by atoms with Crippen LogP contribution in [-0.4, -0.2) is 38.0 Å². The second-order valence-corrected chi connectivity index (χ2v) is 4.53. The molecule has 1 aliphatic carbocycles. The van der Waals surface area contributed by atoms with Crippen LogP contribution in [0, 0.1) is 0 Å². The third-order valence-electron chi connectivity index (χ3n) is 3.26. The highest BCUT2D eigenvalue weighted by molar-refractivity contribution is 5.86. The number of carbonyl (C=O) groups is 3. The number of amides is 1. The minimum Gasteiger partial charge on any atom is -0.437 e. The van der Waals surface area contributed by atoms with Crippen LogP contribution in [0.3, 0.4) is 0 Å². The van der Waals surface area contributed by atoms with E-state index in [4.69, 9.17) is 9.47 Å². The Bertz CT molecular complexity index is 474. The second-order valence-electron chi connectivity index (χ2n) is 4.53. The Morgan fingerprint density at radius 3 is 2.30 bits per heavy atom. The zero-order valence-corrected chi connectivity index (χ0v) is 11.2. The van der Waals surface area contributed by atoms with Gasteiger partial charge in [-0.25, -0.2) is 9.59 Å². The van der Waals surface area contributed by atoms with Gasteiger partial charge in [-0.2, -0.15) is 0 Å².